The first-order valence-corrected chi connectivity index (χ1v) is 6.55. The molecule has 2 N–H and O–H groups in total. The number of H-pyrrole nitrogens is 1. The van der Waals surface area contributed by atoms with E-state index in [9.17, 15) is 4.79 Å². The molecule has 0 saturated heterocycles. The smallest absolute Gasteiger partial charge is 0.267 e. The summed E-state index contributed by atoms with van der Waals surface area (Å²) in [6, 6.07) is 7.58. The van der Waals surface area contributed by atoms with Crippen LogP contribution in [0.5, 0.6) is 5.75 Å². The Labute approximate surface area is 113 Å². The largest absolute Gasteiger partial charge is 0.497 e. The van der Waals surface area contributed by atoms with E-state index in [1.807, 2.05) is 24.3 Å². The summed E-state index contributed by atoms with van der Waals surface area (Å²) in [6.45, 7) is 4.98. The molecule has 4 heteroatoms. The van der Waals surface area contributed by atoms with Crippen LogP contribution in [0.15, 0.2) is 24.3 Å². The maximum Gasteiger partial charge on any atom is 0.267 e. The Bertz CT molecular complexity index is 573. The van der Waals surface area contributed by atoms with E-state index in [0.29, 0.717) is 18.2 Å². The molecular formula is C15H20N2O2. The lowest BCUT2D eigenvalue weighted by atomic mass is 10.1. The number of methoxy groups -OCH3 is 1. The molecule has 102 valence electrons. The Morgan fingerprint density at radius 2 is 2.16 bits per heavy atom. The van der Waals surface area contributed by atoms with Gasteiger partial charge in [-0.15, -0.1) is 0 Å². The fourth-order valence-corrected chi connectivity index (χ4v) is 1.93. The molecule has 0 fully saturated rings. The van der Waals surface area contributed by atoms with E-state index >= 15 is 0 Å². The summed E-state index contributed by atoms with van der Waals surface area (Å²) < 4.78 is 5.16. The van der Waals surface area contributed by atoms with E-state index < -0.39 is 0 Å². The molecule has 0 radical (unpaired) electrons. The number of carbonyl (C=O) groups excluding carboxylic acids is 1. The summed E-state index contributed by atoms with van der Waals surface area (Å²) in [4.78, 5) is 15.1. The topological polar surface area (TPSA) is 54.1 Å². The number of carbonyl (C=O) groups is 1. The Kier molecular flexibility index (Phi) is 4.10. The fraction of sp³-hybridized carbons (Fsp3) is 0.400. The number of aromatic amines is 1. The number of benzene rings is 1. The fourth-order valence-electron chi connectivity index (χ4n) is 1.93. The quantitative estimate of drug-likeness (QED) is 0.868. The summed E-state index contributed by atoms with van der Waals surface area (Å²) in [5.41, 5.74) is 1.50. The number of hydrogen-bond acceptors (Lipinski definition) is 2. The zero-order valence-electron chi connectivity index (χ0n) is 11.6. The van der Waals surface area contributed by atoms with E-state index in [0.717, 1.165) is 23.1 Å². The Balaban J connectivity index is 2.10. The van der Waals surface area contributed by atoms with Gasteiger partial charge >= 0.3 is 0 Å². The van der Waals surface area contributed by atoms with Crippen LogP contribution in [0.4, 0.5) is 0 Å². The van der Waals surface area contributed by atoms with Gasteiger partial charge in [0.25, 0.3) is 5.91 Å². The zero-order chi connectivity index (χ0) is 13.8. The highest BCUT2D eigenvalue weighted by molar-refractivity contribution is 5.98. The summed E-state index contributed by atoms with van der Waals surface area (Å²) in [6.07, 6.45) is 0.986. The molecular weight excluding hydrogens is 240 g/mol. The lowest BCUT2D eigenvalue weighted by Crippen LogP contribution is -2.25. The molecule has 4 nitrogen and oxygen atoms in total. The molecule has 2 aromatic rings. The maximum absolute atomic E-state index is 12.0. The summed E-state index contributed by atoms with van der Waals surface area (Å²) in [7, 11) is 1.63. The first kappa shape index (κ1) is 13.5. The van der Waals surface area contributed by atoms with Crippen molar-refractivity contribution in [3.63, 3.8) is 0 Å². The standard InChI is InChI=1S/C15H20N2O2/c1-10(2)6-7-16-15(18)14-8-11-4-5-12(19-3)9-13(11)17-14/h4-5,8-10,17H,6-7H2,1-3H3,(H,16,18). The predicted molar refractivity (Wildman–Crippen MR) is 76.6 cm³/mol. The van der Waals surface area contributed by atoms with E-state index in [2.05, 4.69) is 24.1 Å². The minimum Gasteiger partial charge on any atom is -0.497 e. The number of rotatable bonds is 5. The predicted octanol–water partition coefficient (Wildman–Crippen LogP) is 2.95. The van der Waals surface area contributed by atoms with Crippen LogP contribution >= 0.6 is 0 Å². The lowest BCUT2D eigenvalue weighted by Gasteiger charge is -2.05. The van der Waals surface area contributed by atoms with Crippen LogP contribution in [0.25, 0.3) is 10.9 Å². The second-order valence-corrected chi connectivity index (χ2v) is 5.07. The molecule has 1 heterocycles. The molecule has 0 bridgehead atoms. The number of aromatic nitrogens is 1. The third-order valence-electron chi connectivity index (χ3n) is 3.08. The van der Waals surface area contributed by atoms with Crippen molar-refractivity contribution in [1.82, 2.24) is 10.3 Å². The summed E-state index contributed by atoms with van der Waals surface area (Å²) in [5.74, 6) is 1.31. The van der Waals surface area contributed by atoms with Crippen molar-refractivity contribution in [3.05, 3.63) is 30.0 Å². The molecule has 19 heavy (non-hydrogen) atoms. The van der Waals surface area contributed by atoms with Gasteiger partial charge in [-0.2, -0.15) is 0 Å². The SMILES string of the molecule is COc1ccc2cc(C(=O)NCCC(C)C)[nH]c2c1. The van der Waals surface area contributed by atoms with Gasteiger partial charge in [-0.3, -0.25) is 4.79 Å². The van der Waals surface area contributed by atoms with E-state index in [1.165, 1.54) is 0 Å². The molecule has 0 unspecified atom stereocenters. The minimum atomic E-state index is -0.0594. The summed E-state index contributed by atoms with van der Waals surface area (Å²) in [5, 5.41) is 3.93. The van der Waals surface area contributed by atoms with Gasteiger partial charge in [-0.05, 0) is 30.5 Å². The van der Waals surface area contributed by atoms with Crippen molar-refractivity contribution in [1.29, 1.82) is 0 Å². The normalized spacial score (nSPS) is 10.9. The highest BCUT2D eigenvalue weighted by Crippen LogP contribution is 2.21. The molecule has 1 aromatic heterocycles. The first-order chi connectivity index (χ1) is 9.10. The van der Waals surface area contributed by atoms with Gasteiger partial charge in [0.05, 0.1) is 7.11 Å². The molecule has 0 aliphatic carbocycles. The van der Waals surface area contributed by atoms with Crippen molar-refractivity contribution in [2.45, 2.75) is 20.3 Å². The minimum absolute atomic E-state index is 0.0594. The maximum atomic E-state index is 12.0. The van der Waals surface area contributed by atoms with E-state index in [1.54, 1.807) is 7.11 Å². The Morgan fingerprint density at radius 3 is 2.84 bits per heavy atom. The van der Waals surface area contributed by atoms with Gasteiger partial charge in [0.1, 0.15) is 11.4 Å². The van der Waals surface area contributed by atoms with Gasteiger partial charge in [0, 0.05) is 23.5 Å². The van der Waals surface area contributed by atoms with Gasteiger partial charge in [0.2, 0.25) is 0 Å². The number of ether oxygens (including phenoxy) is 1. The van der Waals surface area contributed by atoms with Crippen molar-refractivity contribution in [2.24, 2.45) is 5.92 Å². The second-order valence-electron chi connectivity index (χ2n) is 5.07. The second kappa shape index (κ2) is 5.78. The third-order valence-corrected chi connectivity index (χ3v) is 3.08. The molecule has 0 aliphatic rings. The van der Waals surface area contributed by atoms with E-state index in [4.69, 9.17) is 4.74 Å². The average Bonchev–Trinajstić information content (AvgIpc) is 2.80. The molecule has 1 aromatic carbocycles. The molecule has 0 spiro atoms. The Hall–Kier alpha value is -1.97. The van der Waals surface area contributed by atoms with Crippen molar-refractivity contribution >= 4 is 16.8 Å². The van der Waals surface area contributed by atoms with Crippen LogP contribution in [-0.4, -0.2) is 24.5 Å². The van der Waals surface area contributed by atoms with Crippen LogP contribution in [0.2, 0.25) is 0 Å². The average molecular weight is 260 g/mol. The van der Waals surface area contributed by atoms with E-state index in [-0.39, 0.29) is 5.91 Å². The molecule has 0 saturated carbocycles. The van der Waals surface area contributed by atoms with Crippen molar-refractivity contribution in [3.8, 4) is 5.75 Å². The monoisotopic (exact) mass is 260 g/mol. The third kappa shape index (κ3) is 3.28. The molecule has 0 aliphatic heterocycles. The van der Waals surface area contributed by atoms with Gasteiger partial charge < -0.3 is 15.0 Å². The lowest BCUT2D eigenvalue weighted by molar-refractivity contribution is 0.0948. The van der Waals surface area contributed by atoms with Crippen molar-refractivity contribution < 1.29 is 9.53 Å². The summed E-state index contributed by atoms with van der Waals surface area (Å²) >= 11 is 0. The van der Waals surface area contributed by atoms with Gasteiger partial charge in [0.15, 0.2) is 0 Å². The molecule has 2 rings (SSSR count). The number of hydrogen-bond donors (Lipinski definition) is 2. The van der Waals surface area contributed by atoms with Crippen molar-refractivity contribution in [2.75, 3.05) is 13.7 Å². The van der Waals surface area contributed by atoms with Crippen LogP contribution in [0.3, 0.4) is 0 Å². The highest BCUT2D eigenvalue weighted by atomic mass is 16.5. The van der Waals surface area contributed by atoms with Crippen LogP contribution < -0.4 is 10.1 Å². The Morgan fingerprint density at radius 1 is 1.37 bits per heavy atom. The number of fused-ring (bicyclic) bond motifs is 1. The van der Waals surface area contributed by atoms with Crippen LogP contribution in [0, 0.1) is 5.92 Å². The zero-order valence-corrected chi connectivity index (χ0v) is 11.6. The molecule has 1 amide bonds. The number of nitrogens with one attached hydrogen (secondary N) is 2. The van der Waals surface area contributed by atoms with Crippen LogP contribution in [-0.2, 0) is 0 Å². The first-order valence-electron chi connectivity index (χ1n) is 6.55. The van der Waals surface area contributed by atoms with Crippen LogP contribution in [0.1, 0.15) is 30.8 Å². The number of amides is 1. The highest BCUT2D eigenvalue weighted by Gasteiger charge is 2.09. The molecule has 0 atom stereocenters. The van der Waals surface area contributed by atoms with Gasteiger partial charge in [-0.1, -0.05) is 13.8 Å². The van der Waals surface area contributed by atoms with Gasteiger partial charge in [-0.25, -0.2) is 0 Å².